The third-order valence-corrected chi connectivity index (χ3v) is 4.97. The molecular formula is C18H29N3O3. The molecule has 1 saturated carbocycles. The van der Waals surface area contributed by atoms with Gasteiger partial charge in [-0.3, -0.25) is 4.90 Å². The number of rotatable bonds is 5. The molecule has 2 N–H and O–H groups in total. The van der Waals surface area contributed by atoms with E-state index in [1.165, 1.54) is 19.3 Å². The van der Waals surface area contributed by atoms with E-state index in [4.69, 9.17) is 9.15 Å². The summed E-state index contributed by atoms with van der Waals surface area (Å²) in [5.41, 5.74) is 0. The molecule has 0 bridgehead atoms. The van der Waals surface area contributed by atoms with E-state index >= 15 is 0 Å². The number of hydrogen-bond donors (Lipinski definition) is 2. The Morgan fingerprint density at radius 3 is 2.67 bits per heavy atom. The fraction of sp³-hybridized carbons (Fsp3) is 0.722. The number of amides is 2. The zero-order valence-corrected chi connectivity index (χ0v) is 14.6. The summed E-state index contributed by atoms with van der Waals surface area (Å²) in [6, 6.07) is 4.30. The third kappa shape index (κ3) is 4.74. The highest BCUT2D eigenvalue weighted by molar-refractivity contribution is 5.74. The molecule has 2 aliphatic rings. The molecule has 2 fully saturated rings. The number of carbonyl (C=O) groups excluding carboxylic acids is 1. The van der Waals surface area contributed by atoms with Crippen molar-refractivity contribution < 1.29 is 13.9 Å². The van der Waals surface area contributed by atoms with Crippen molar-refractivity contribution in [1.29, 1.82) is 0 Å². The molecule has 134 valence electrons. The number of aryl methyl sites for hydroxylation is 1. The second-order valence-corrected chi connectivity index (χ2v) is 6.80. The number of nitrogens with one attached hydrogen (secondary N) is 2. The van der Waals surface area contributed by atoms with Crippen molar-refractivity contribution in [2.45, 2.75) is 51.1 Å². The van der Waals surface area contributed by atoms with Crippen molar-refractivity contribution in [1.82, 2.24) is 15.5 Å². The van der Waals surface area contributed by atoms with Gasteiger partial charge in [0.1, 0.15) is 11.5 Å². The average Bonchev–Trinajstić information content (AvgIpc) is 3.03. The van der Waals surface area contributed by atoms with Crippen molar-refractivity contribution in [2.24, 2.45) is 0 Å². The highest BCUT2D eigenvalue weighted by atomic mass is 16.5. The van der Waals surface area contributed by atoms with E-state index < -0.39 is 0 Å². The van der Waals surface area contributed by atoms with Gasteiger partial charge in [-0.05, 0) is 31.9 Å². The maximum Gasteiger partial charge on any atom is 0.315 e. The predicted molar refractivity (Wildman–Crippen MR) is 92.0 cm³/mol. The average molecular weight is 335 g/mol. The van der Waals surface area contributed by atoms with E-state index in [1.807, 2.05) is 19.1 Å². The minimum Gasteiger partial charge on any atom is -0.465 e. The number of carbonyl (C=O) groups is 1. The Bertz CT molecular complexity index is 519. The third-order valence-electron chi connectivity index (χ3n) is 4.97. The minimum atomic E-state index is -0.0663. The molecule has 6 nitrogen and oxygen atoms in total. The van der Waals surface area contributed by atoms with Gasteiger partial charge in [-0.2, -0.15) is 0 Å². The predicted octanol–water partition coefficient (Wildman–Crippen LogP) is 2.59. The second kappa shape index (κ2) is 8.53. The molecule has 1 unspecified atom stereocenters. The molecule has 0 aromatic carbocycles. The van der Waals surface area contributed by atoms with Crippen LogP contribution in [0.5, 0.6) is 0 Å². The van der Waals surface area contributed by atoms with Gasteiger partial charge in [-0.25, -0.2) is 4.79 Å². The number of ether oxygens (including phenoxy) is 1. The maximum absolute atomic E-state index is 12.2. The van der Waals surface area contributed by atoms with Crippen LogP contribution in [0.1, 0.15) is 49.7 Å². The molecule has 1 saturated heterocycles. The number of hydrogen-bond acceptors (Lipinski definition) is 4. The lowest BCUT2D eigenvalue weighted by Crippen LogP contribution is -2.47. The summed E-state index contributed by atoms with van der Waals surface area (Å²) < 4.78 is 11.3. The second-order valence-electron chi connectivity index (χ2n) is 6.80. The first-order valence-corrected chi connectivity index (χ1v) is 9.15. The lowest BCUT2D eigenvalue weighted by Gasteiger charge is -2.33. The number of nitrogens with zero attached hydrogens (tertiary/aromatic N) is 1. The topological polar surface area (TPSA) is 66.7 Å². The highest BCUT2D eigenvalue weighted by Gasteiger charge is 2.26. The van der Waals surface area contributed by atoms with Crippen LogP contribution in [0.3, 0.4) is 0 Å². The molecule has 1 aromatic heterocycles. The largest absolute Gasteiger partial charge is 0.465 e. The Kier molecular flexibility index (Phi) is 6.15. The van der Waals surface area contributed by atoms with Crippen molar-refractivity contribution >= 4 is 6.03 Å². The van der Waals surface area contributed by atoms with Crippen LogP contribution in [-0.2, 0) is 4.74 Å². The highest BCUT2D eigenvalue weighted by Crippen LogP contribution is 2.23. The molecule has 0 radical (unpaired) electrons. The Morgan fingerprint density at radius 2 is 2.00 bits per heavy atom. The lowest BCUT2D eigenvalue weighted by atomic mass is 9.96. The molecule has 1 aliphatic heterocycles. The fourth-order valence-corrected chi connectivity index (χ4v) is 3.60. The smallest absolute Gasteiger partial charge is 0.315 e. The van der Waals surface area contributed by atoms with E-state index in [2.05, 4.69) is 15.5 Å². The fourth-order valence-electron chi connectivity index (χ4n) is 3.60. The monoisotopic (exact) mass is 335 g/mol. The van der Waals surface area contributed by atoms with E-state index in [-0.39, 0.29) is 12.1 Å². The van der Waals surface area contributed by atoms with E-state index in [9.17, 15) is 4.79 Å². The molecule has 2 amide bonds. The van der Waals surface area contributed by atoms with Crippen molar-refractivity contribution in [3.8, 4) is 0 Å². The van der Waals surface area contributed by atoms with Gasteiger partial charge < -0.3 is 19.8 Å². The first kappa shape index (κ1) is 17.3. The van der Waals surface area contributed by atoms with Crippen LogP contribution in [0.25, 0.3) is 0 Å². The summed E-state index contributed by atoms with van der Waals surface area (Å²) >= 11 is 0. The Balaban J connectivity index is 1.55. The van der Waals surface area contributed by atoms with Crippen LogP contribution < -0.4 is 10.6 Å². The van der Waals surface area contributed by atoms with E-state index in [0.717, 1.165) is 50.7 Å². The van der Waals surface area contributed by atoms with Gasteiger partial charge in [0.25, 0.3) is 0 Å². The molecule has 2 heterocycles. The van der Waals surface area contributed by atoms with Crippen LogP contribution in [0.4, 0.5) is 4.79 Å². The molecule has 1 atom stereocenters. The van der Waals surface area contributed by atoms with Gasteiger partial charge in [0.15, 0.2) is 0 Å². The van der Waals surface area contributed by atoms with Gasteiger partial charge in [0.05, 0.1) is 19.3 Å². The van der Waals surface area contributed by atoms with Gasteiger partial charge in [0.2, 0.25) is 0 Å². The maximum atomic E-state index is 12.2. The van der Waals surface area contributed by atoms with Gasteiger partial charge in [0, 0.05) is 25.7 Å². The number of urea groups is 1. The van der Waals surface area contributed by atoms with Crippen molar-refractivity contribution in [2.75, 3.05) is 32.8 Å². The first-order valence-electron chi connectivity index (χ1n) is 9.15. The molecule has 0 spiro atoms. The molecule has 1 aliphatic carbocycles. The Hall–Kier alpha value is -1.53. The summed E-state index contributed by atoms with van der Waals surface area (Å²) in [6.45, 7) is 5.66. The standard InChI is InChI=1S/C18H29N3O3/c1-14-7-8-17(24-14)16(21-9-11-23-12-10-21)13-19-18(22)20-15-5-3-2-4-6-15/h7-8,15-16H,2-6,9-13H2,1H3,(H2,19,20,22). The molecule has 6 heteroatoms. The molecule has 3 rings (SSSR count). The Labute approximate surface area is 143 Å². The first-order chi connectivity index (χ1) is 11.7. The Morgan fingerprint density at radius 1 is 1.25 bits per heavy atom. The summed E-state index contributed by atoms with van der Waals surface area (Å²) in [4.78, 5) is 14.6. The van der Waals surface area contributed by atoms with Gasteiger partial charge in [-0.15, -0.1) is 0 Å². The lowest BCUT2D eigenvalue weighted by molar-refractivity contribution is 0.0121. The molecular weight excluding hydrogens is 306 g/mol. The quantitative estimate of drug-likeness (QED) is 0.868. The zero-order valence-electron chi connectivity index (χ0n) is 14.6. The number of morpholine rings is 1. The summed E-state index contributed by atoms with van der Waals surface area (Å²) in [5, 5.41) is 6.15. The SMILES string of the molecule is Cc1ccc(C(CNC(=O)NC2CCCCC2)N2CCOCC2)o1. The molecule has 1 aromatic rings. The summed E-state index contributed by atoms with van der Waals surface area (Å²) in [6.07, 6.45) is 5.91. The van der Waals surface area contributed by atoms with E-state index in [1.54, 1.807) is 0 Å². The van der Waals surface area contributed by atoms with Crippen molar-refractivity contribution in [3.05, 3.63) is 23.7 Å². The molecule has 24 heavy (non-hydrogen) atoms. The van der Waals surface area contributed by atoms with Crippen LogP contribution in [-0.4, -0.2) is 49.8 Å². The van der Waals surface area contributed by atoms with E-state index in [0.29, 0.717) is 12.6 Å². The van der Waals surface area contributed by atoms with Gasteiger partial charge in [-0.1, -0.05) is 19.3 Å². The van der Waals surface area contributed by atoms with Crippen molar-refractivity contribution in [3.63, 3.8) is 0 Å². The van der Waals surface area contributed by atoms with Crippen LogP contribution in [0, 0.1) is 6.92 Å². The summed E-state index contributed by atoms with van der Waals surface area (Å²) in [5.74, 6) is 1.81. The van der Waals surface area contributed by atoms with Crippen LogP contribution in [0.15, 0.2) is 16.5 Å². The number of furan rings is 1. The normalized spacial score (nSPS) is 21.4. The minimum absolute atomic E-state index is 0.0553. The zero-order chi connectivity index (χ0) is 16.8. The van der Waals surface area contributed by atoms with Gasteiger partial charge >= 0.3 is 6.03 Å². The van der Waals surface area contributed by atoms with Crippen LogP contribution >= 0.6 is 0 Å². The summed E-state index contributed by atoms with van der Waals surface area (Å²) in [7, 11) is 0. The van der Waals surface area contributed by atoms with Crippen LogP contribution in [0.2, 0.25) is 0 Å².